The third-order valence-electron chi connectivity index (χ3n) is 4.51. The number of aliphatic hydroxyl groups excluding tert-OH is 1. The third kappa shape index (κ3) is 6.59. The van der Waals surface area contributed by atoms with Gasteiger partial charge in [0.25, 0.3) is 0 Å². The molecule has 0 bridgehead atoms. The molecule has 0 fully saturated rings. The van der Waals surface area contributed by atoms with E-state index < -0.39 is 5.54 Å². The topological polar surface area (TPSA) is 73.9 Å². The van der Waals surface area contributed by atoms with Gasteiger partial charge in [-0.15, -0.1) is 0 Å². The van der Waals surface area contributed by atoms with Gasteiger partial charge < -0.3 is 25.1 Å². The number of aliphatic hydroxyl groups is 1. The smallest absolute Gasteiger partial charge is 0.179 e. The first kappa shape index (κ1) is 22.3. The summed E-state index contributed by atoms with van der Waals surface area (Å²) in [6, 6.07) is 11.7. The molecule has 0 aliphatic heterocycles. The fraction of sp³-hybridized carbons (Fsp3) is 0.455. The van der Waals surface area contributed by atoms with E-state index in [0.29, 0.717) is 42.6 Å². The van der Waals surface area contributed by atoms with Gasteiger partial charge >= 0.3 is 0 Å². The summed E-state index contributed by atoms with van der Waals surface area (Å²) in [5, 5.41) is 9.81. The lowest BCUT2D eigenvalue weighted by atomic mass is 9.95. The molecule has 6 heteroatoms. The van der Waals surface area contributed by atoms with E-state index in [9.17, 15) is 5.11 Å². The molecule has 0 saturated heterocycles. The van der Waals surface area contributed by atoms with Crippen LogP contribution in [0.4, 0.5) is 0 Å². The van der Waals surface area contributed by atoms with E-state index in [2.05, 4.69) is 0 Å². The van der Waals surface area contributed by atoms with Crippen LogP contribution in [-0.4, -0.2) is 37.6 Å². The van der Waals surface area contributed by atoms with E-state index >= 15 is 0 Å². The van der Waals surface area contributed by atoms with Crippen molar-refractivity contribution in [2.45, 2.75) is 38.6 Å². The lowest BCUT2D eigenvalue weighted by molar-refractivity contribution is 0.200. The van der Waals surface area contributed by atoms with Gasteiger partial charge in [0.05, 0.1) is 32.0 Å². The largest absolute Gasteiger partial charge is 0.494 e. The Morgan fingerprint density at radius 3 is 2.39 bits per heavy atom. The van der Waals surface area contributed by atoms with E-state index in [-0.39, 0.29) is 6.61 Å². The molecule has 154 valence electrons. The SMILES string of the molecule is CCOc1ccc(CCOc2c(Cl)cc(CCC(C)(N)CO)cc2OC)cc1. The molecule has 3 N–H and O–H groups in total. The highest BCUT2D eigenvalue weighted by atomic mass is 35.5. The van der Waals surface area contributed by atoms with E-state index in [1.54, 1.807) is 7.11 Å². The molecule has 0 aromatic heterocycles. The summed E-state index contributed by atoms with van der Waals surface area (Å²) in [5.74, 6) is 2.00. The number of halogens is 1. The number of aryl methyl sites for hydroxylation is 1. The number of rotatable bonds is 11. The van der Waals surface area contributed by atoms with Gasteiger partial charge in [0.2, 0.25) is 0 Å². The molecule has 1 unspecified atom stereocenters. The standard InChI is InChI=1S/C22H30ClNO4/c1-4-27-18-7-5-16(6-8-18)10-12-28-21-19(23)13-17(14-20(21)26-3)9-11-22(2,24)15-25/h5-8,13-14,25H,4,9-12,15,24H2,1-3H3. The maximum atomic E-state index is 9.30. The molecule has 0 aliphatic rings. The van der Waals surface area contributed by atoms with Crippen molar-refractivity contribution in [3.63, 3.8) is 0 Å². The quantitative estimate of drug-likeness (QED) is 0.588. The Morgan fingerprint density at radius 2 is 1.79 bits per heavy atom. The monoisotopic (exact) mass is 407 g/mol. The van der Waals surface area contributed by atoms with Gasteiger partial charge in [-0.3, -0.25) is 0 Å². The van der Waals surface area contributed by atoms with E-state index in [4.69, 9.17) is 31.5 Å². The highest BCUT2D eigenvalue weighted by Crippen LogP contribution is 2.37. The maximum absolute atomic E-state index is 9.30. The minimum absolute atomic E-state index is 0.0649. The minimum atomic E-state index is -0.618. The zero-order valence-corrected chi connectivity index (χ0v) is 17.6. The first-order chi connectivity index (χ1) is 13.4. The van der Waals surface area contributed by atoms with Gasteiger partial charge in [-0.2, -0.15) is 0 Å². The fourth-order valence-electron chi connectivity index (χ4n) is 2.76. The van der Waals surface area contributed by atoms with Crippen LogP contribution in [0, 0.1) is 0 Å². The molecule has 1 atom stereocenters. The Hall–Kier alpha value is -1.95. The molecule has 0 spiro atoms. The lowest BCUT2D eigenvalue weighted by Crippen LogP contribution is -2.40. The highest BCUT2D eigenvalue weighted by molar-refractivity contribution is 6.32. The zero-order chi connectivity index (χ0) is 20.6. The first-order valence-corrected chi connectivity index (χ1v) is 9.87. The maximum Gasteiger partial charge on any atom is 0.179 e. The number of benzene rings is 2. The number of hydrogen-bond donors (Lipinski definition) is 2. The Bertz CT molecular complexity index is 747. The molecule has 5 nitrogen and oxygen atoms in total. The third-order valence-corrected chi connectivity index (χ3v) is 4.79. The average molecular weight is 408 g/mol. The van der Waals surface area contributed by atoms with Gasteiger partial charge in [-0.05, 0) is 62.1 Å². The van der Waals surface area contributed by atoms with Gasteiger partial charge in [0.1, 0.15) is 5.75 Å². The van der Waals surface area contributed by atoms with Crippen molar-refractivity contribution in [2.24, 2.45) is 5.73 Å². The molecule has 2 aromatic rings. The second-order valence-corrected chi connectivity index (χ2v) is 7.50. The van der Waals surface area contributed by atoms with Gasteiger partial charge in [0.15, 0.2) is 11.5 Å². The van der Waals surface area contributed by atoms with Crippen LogP contribution in [-0.2, 0) is 12.8 Å². The summed E-state index contributed by atoms with van der Waals surface area (Å²) < 4.78 is 16.8. The normalized spacial score (nSPS) is 13.1. The minimum Gasteiger partial charge on any atom is -0.494 e. The van der Waals surface area contributed by atoms with Crippen LogP contribution in [0.25, 0.3) is 0 Å². The van der Waals surface area contributed by atoms with Crippen LogP contribution in [0.1, 0.15) is 31.4 Å². The molecular weight excluding hydrogens is 378 g/mol. The van der Waals surface area contributed by atoms with Crippen LogP contribution in [0.3, 0.4) is 0 Å². The fourth-order valence-corrected chi connectivity index (χ4v) is 3.04. The number of hydrogen-bond acceptors (Lipinski definition) is 5. The molecule has 2 rings (SSSR count). The first-order valence-electron chi connectivity index (χ1n) is 9.49. The lowest BCUT2D eigenvalue weighted by Gasteiger charge is -2.22. The van der Waals surface area contributed by atoms with Crippen LogP contribution >= 0.6 is 11.6 Å². The van der Waals surface area contributed by atoms with Crippen molar-refractivity contribution >= 4 is 11.6 Å². The van der Waals surface area contributed by atoms with Gasteiger partial charge in [-0.25, -0.2) is 0 Å². The predicted octanol–water partition coefficient (Wildman–Crippen LogP) is 4.01. The highest BCUT2D eigenvalue weighted by Gasteiger charge is 2.18. The van der Waals surface area contributed by atoms with Crippen molar-refractivity contribution in [3.8, 4) is 17.2 Å². The van der Waals surface area contributed by atoms with Gasteiger partial charge in [-0.1, -0.05) is 23.7 Å². The second-order valence-electron chi connectivity index (χ2n) is 7.10. The van der Waals surface area contributed by atoms with Crippen molar-refractivity contribution in [1.82, 2.24) is 0 Å². The molecule has 0 saturated carbocycles. The average Bonchev–Trinajstić information content (AvgIpc) is 2.69. The van der Waals surface area contributed by atoms with Gasteiger partial charge in [0, 0.05) is 12.0 Å². The molecule has 0 aliphatic carbocycles. The zero-order valence-electron chi connectivity index (χ0n) is 16.8. The Morgan fingerprint density at radius 1 is 1.07 bits per heavy atom. The Labute approximate surface area is 172 Å². The van der Waals surface area contributed by atoms with Crippen molar-refractivity contribution < 1.29 is 19.3 Å². The molecule has 0 radical (unpaired) electrons. The van der Waals surface area contributed by atoms with Crippen molar-refractivity contribution in [2.75, 3.05) is 26.9 Å². The number of methoxy groups -OCH3 is 1. The summed E-state index contributed by atoms with van der Waals surface area (Å²) in [7, 11) is 1.59. The van der Waals surface area contributed by atoms with Crippen LogP contribution in [0.2, 0.25) is 5.02 Å². The molecule has 0 amide bonds. The molecule has 0 heterocycles. The van der Waals surface area contributed by atoms with Crippen molar-refractivity contribution in [3.05, 3.63) is 52.5 Å². The summed E-state index contributed by atoms with van der Waals surface area (Å²) >= 11 is 6.43. The summed E-state index contributed by atoms with van der Waals surface area (Å²) in [6.07, 6.45) is 2.08. The number of ether oxygens (including phenoxy) is 3. The number of nitrogens with two attached hydrogens (primary N) is 1. The summed E-state index contributed by atoms with van der Waals surface area (Å²) in [4.78, 5) is 0. The Balaban J connectivity index is 1.98. The Kier molecular flexibility index (Phi) is 8.42. The van der Waals surface area contributed by atoms with Crippen LogP contribution in [0.5, 0.6) is 17.2 Å². The summed E-state index contributed by atoms with van der Waals surface area (Å²) in [5.41, 5.74) is 7.53. The molecular formula is C22H30ClNO4. The summed E-state index contributed by atoms with van der Waals surface area (Å²) in [6.45, 7) is 4.86. The molecule has 28 heavy (non-hydrogen) atoms. The van der Waals surface area contributed by atoms with Crippen LogP contribution < -0.4 is 19.9 Å². The van der Waals surface area contributed by atoms with Crippen LogP contribution in [0.15, 0.2) is 36.4 Å². The van der Waals surface area contributed by atoms with E-state index in [0.717, 1.165) is 23.3 Å². The van der Waals surface area contributed by atoms with Crippen molar-refractivity contribution in [1.29, 1.82) is 0 Å². The molecule has 2 aromatic carbocycles. The second kappa shape index (κ2) is 10.6. The predicted molar refractivity (Wildman–Crippen MR) is 113 cm³/mol. The van der Waals surface area contributed by atoms with E-state index in [1.807, 2.05) is 50.2 Å². The van der Waals surface area contributed by atoms with E-state index in [1.165, 1.54) is 0 Å².